The zero-order valence-electron chi connectivity index (χ0n) is 11.2. The maximum atomic E-state index is 11.4. The molecule has 108 valence electrons. The van der Waals surface area contributed by atoms with Crippen LogP contribution in [0.25, 0.3) is 0 Å². The number of hydrogen-bond donors (Lipinski definition) is 1. The van der Waals surface area contributed by atoms with Crippen LogP contribution in [0, 0.1) is 0 Å². The van der Waals surface area contributed by atoms with Gasteiger partial charge in [0.15, 0.2) is 9.84 Å². The predicted octanol–water partition coefficient (Wildman–Crippen LogP) is 2.15. The summed E-state index contributed by atoms with van der Waals surface area (Å²) in [5.74, 6) is 0.854. The maximum Gasteiger partial charge on any atom is 0.153 e. The minimum absolute atomic E-state index is 0.0241. The third-order valence-corrected chi connectivity index (χ3v) is 4.96. The van der Waals surface area contributed by atoms with Crippen molar-refractivity contribution in [3.8, 4) is 5.75 Å². The van der Waals surface area contributed by atoms with Gasteiger partial charge in [-0.1, -0.05) is 19.1 Å². The maximum absolute atomic E-state index is 11.4. The van der Waals surface area contributed by atoms with Crippen LogP contribution in [0.2, 0.25) is 0 Å². The lowest BCUT2D eigenvalue weighted by Gasteiger charge is -2.14. The van der Waals surface area contributed by atoms with Crippen molar-refractivity contribution in [1.29, 1.82) is 0 Å². The zero-order valence-corrected chi connectivity index (χ0v) is 13.6. The molecule has 1 atom stereocenters. The Kier molecular flexibility index (Phi) is 6.29. The first-order valence-electron chi connectivity index (χ1n) is 6.22. The molecular weight excluding hydrogens is 330 g/mol. The monoisotopic (exact) mass is 349 g/mol. The van der Waals surface area contributed by atoms with Gasteiger partial charge in [-0.25, -0.2) is 8.42 Å². The Hall–Kier alpha value is -0.590. The van der Waals surface area contributed by atoms with Crippen LogP contribution in [-0.2, 0) is 16.3 Å². The van der Waals surface area contributed by atoms with Crippen molar-refractivity contribution >= 4 is 25.8 Å². The lowest BCUT2D eigenvalue weighted by Crippen LogP contribution is -2.19. The molecule has 1 aromatic rings. The number of ether oxygens (including phenoxy) is 1. The van der Waals surface area contributed by atoms with E-state index in [1.807, 2.05) is 25.1 Å². The molecule has 1 aromatic carbocycles. The summed E-state index contributed by atoms with van der Waals surface area (Å²) in [4.78, 5) is 0. The quantitative estimate of drug-likeness (QED) is 0.818. The summed E-state index contributed by atoms with van der Waals surface area (Å²) in [7, 11) is -3.00. The van der Waals surface area contributed by atoms with Crippen molar-refractivity contribution in [2.24, 2.45) is 5.73 Å². The average molecular weight is 350 g/mol. The molecule has 4 nitrogen and oxygen atoms in total. The van der Waals surface area contributed by atoms with E-state index in [-0.39, 0.29) is 24.2 Å². The van der Waals surface area contributed by atoms with Gasteiger partial charge in [0.1, 0.15) is 12.4 Å². The second-order valence-corrected chi connectivity index (χ2v) is 7.82. The van der Waals surface area contributed by atoms with Crippen LogP contribution >= 0.6 is 15.9 Å². The number of rotatable bonds is 7. The standard InChI is InChI=1S/C13H20BrNO3S/c1-3-19(16,17)8-7-18-13-11(9-10(2)15)5-4-6-12(13)14/h4-6,10H,3,7-9,15H2,1-2H3. The van der Waals surface area contributed by atoms with Crippen LogP contribution in [0.4, 0.5) is 0 Å². The van der Waals surface area contributed by atoms with Crippen LogP contribution < -0.4 is 10.5 Å². The Balaban J connectivity index is 2.77. The fraction of sp³-hybridized carbons (Fsp3) is 0.538. The molecule has 0 aliphatic heterocycles. The van der Waals surface area contributed by atoms with Gasteiger partial charge in [0, 0.05) is 11.8 Å². The van der Waals surface area contributed by atoms with Gasteiger partial charge in [0.05, 0.1) is 10.2 Å². The van der Waals surface area contributed by atoms with Gasteiger partial charge in [0.25, 0.3) is 0 Å². The highest BCUT2D eigenvalue weighted by Crippen LogP contribution is 2.29. The van der Waals surface area contributed by atoms with Crippen LogP contribution in [0.5, 0.6) is 5.75 Å². The summed E-state index contributed by atoms with van der Waals surface area (Å²) in [6, 6.07) is 5.75. The van der Waals surface area contributed by atoms with E-state index in [2.05, 4.69) is 15.9 Å². The number of para-hydroxylation sites is 1. The highest BCUT2D eigenvalue weighted by atomic mass is 79.9. The van der Waals surface area contributed by atoms with Crippen LogP contribution in [-0.4, -0.2) is 32.6 Å². The van der Waals surface area contributed by atoms with Crippen molar-refractivity contribution in [2.45, 2.75) is 26.3 Å². The molecule has 1 unspecified atom stereocenters. The van der Waals surface area contributed by atoms with Crippen molar-refractivity contribution < 1.29 is 13.2 Å². The smallest absolute Gasteiger partial charge is 0.153 e. The third kappa shape index (κ3) is 5.50. The topological polar surface area (TPSA) is 69.4 Å². The summed E-state index contributed by atoms with van der Waals surface area (Å²) in [6.07, 6.45) is 0.690. The molecular formula is C13H20BrNO3S. The van der Waals surface area contributed by atoms with E-state index in [9.17, 15) is 8.42 Å². The van der Waals surface area contributed by atoms with Crippen molar-refractivity contribution in [1.82, 2.24) is 0 Å². The van der Waals surface area contributed by atoms with Gasteiger partial charge >= 0.3 is 0 Å². The molecule has 0 aromatic heterocycles. The molecule has 0 saturated heterocycles. The SMILES string of the molecule is CCS(=O)(=O)CCOc1c(Br)cccc1CC(C)N. The summed E-state index contributed by atoms with van der Waals surface area (Å²) < 4.78 is 29.3. The molecule has 0 saturated carbocycles. The summed E-state index contributed by atoms with van der Waals surface area (Å²) in [6.45, 7) is 3.71. The van der Waals surface area contributed by atoms with Gasteiger partial charge in [-0.05, 0) is 40.9 Å². The lowest BCUT2D eigenvalue weighted by atomic mass is 10.1. The number of benzene rings is 1. The first-order chi connectivity index (χ1) is 8.85. The molecule has 0 spiro atoms. The molecule has 0 heterocycles. The summed E-state index contributed by atoms with van der Waals surface area (Å²) in [5, 5.41) is 0. The van der Waals surface area contributed by atoms with E-state index in [4.69, 9.17) is 10.5 Å². The Labute approximate surface area is 123 Å². The Bertz CT molecular complexity index is 515. The minimum Gasteiger partial charge on any atom is -0.491 e. The van der Waals surface area contributed by atoms with Crippen LogP contribution in [0.1, 0.15) is 19.4 Å². The fourth-order valence-corrected chi connectivity index (χ4v) is 2.79. The van der Waals surface area contributed by atoms with Gasteiger partial charge in [0.2, 0.25) is 0 Å². The van der Waals surface area contributed by atoms with Gasteiger partial charge in [-0.15, -0.1) is 0 Å². The van der Waals surface area contributed by atoms with Gasteiger partial charge in [-0.2, -0.15) is 0 Å². The minimum atomic E-state index is -3.00. The number of sulfone groups is 1. The first kappa shape index (κ1) is 16.5. The summed E-state index contributed by atoms with van der Waals surface area (Å²) in [5.41, 5.74) is 6.78. The second kappa shape index (κ2) is 7.26. The Morgan fingerprint density at radius 1 is 1.42 bits per heavy atom. The molecule has 2 N–H and O–H groups in total. The van der Waals surface area contributed by atoms with Crippen LogP contribution in [0.3, 0.4) is 0 Å². The molecule has 6 heteroatoms. The average Bonchev–Trinajstić information content (AvgIpc) is 2.32. The number of hydrogen-bond acceptors (Lipinski definition) is 4. The van der Waals surface area contributed by atoms with E-state index in [0.717, 1.165) is 10.0 Å². The molecule has 0 fully saturated rings. The van der Waals surface area contributed by atoms with E-state index in [0.29, 0.717) is 12.2 Å². The second-order valence-electron chi connectivity index (χ2n) is 4.49. The highest BCUT2D eigenvalue weighted by Gasteiger charge is 2.12. The Morgan fingerprint density at radius 3 is 2.68 bits per heavy atom. The first-order valence-corrected chi connectivity index (χ1v) is 8.83. The van der Waals surface area contributed by atoms with E-state index in [1.54, 1.807) is 6.92 Å². The normalized spacial score (nSPS) is 13.3. The molecule has 0 aliphatic rings. The van der Waals surface area contributed by atoms with E-state index in [1.165, 1.54) is 0 Å². The number of nitrogens with two attached hydrogens (primary N) is 1. The molecule has 0 bridgehead atoms. The van der Waals surface area contributed by atoms with Gasteiger partial charge in [-0.3, -0.25) is 0 Å². The fourth-order valence-electron chi connectivity index (χ4n) is 1.64. The summed E-state index contributed by atoms with van der Waals surface area (Å²) >= 11 is 3.42. The van der Waals surface area contributed by atoms with Crippen molar-refractivity contribution in [3.63, 3.8) is 0 Å². The molecule has 0 radical (unpaired) electrons. The van der Waals surface area contributed by atoms with Gasteiger partial charge < -0.3 is 10.5 Å². The van der Waals surface area contributed by atoms with E-state index >= 15 is 0 Å². The highest BCUT2D eigenvalue weighted by molar-refractivity contribution is 9.10. The number of halogens is 1. The third-order valence-electron chi connectivity index (χ3n) is 2.67. The Morgan fingerprint density at radius 2 is 2.11 bits per heavy atom. The largest absolute Gasteiger partial charge is 0.491 e. The van der Waals surface area contributed by atoms with Crippen LogP contribution in [0.15, 0.2) is 22.7 Å². The lowest BCUT2D eigenvalue weighted by molar-refractivity contribution is 0.334. The molecule has 0 amide bonds. The van der Waals surface area contributed by atoms with Crippen molar-refractivity contribution in [2.75, 3.05) is 18.1 Å². The molecule has 19 heavy (non-hydrogen) atoms. The van der Waals surface area contributed by atoms with E-state index < -0.39 is 9.84 Å². The molecule has 1 rings (SSSR count). The zero-order chi connectivity index (χ0) is 14.5. The van der Waals surface area contributed by atoms with Crippen molar-refractivity contribution in [3.05, 3.63) is 28.2 Å². The molecule has 0 aliphatic carbocycles. The predicted molar refractivity (Wildman–Crippen MR) is 81.3 cm³/mol.